The van der Waals surface area contributed by atoms with Gasteiger partial charge in [0.1, 0.15) is 38.0 Å². The molecule has 1 heterocycles. The summed E-state index contributed by atoms with van der Waals surface area (Å²) in [6.07, 6.45) is 0. The van der Waals surface area contributed by atoms with Crippen molar-refractivity contribution >= 4 is 17.5 Å². The van der Waals surface area contributed by atoms with E-state index in [9.17, 15) is 14.0 Å². The molecule has 4 N–H and O–H groups in total. The van der Waals surface area contributed by atoms with Gasteiger partial charge in [-0.1, -0.05) is 35.9 Å². The third-order valence-corrected chi connectivity index (χ3v) is 5.47. The highest BCUT2D eigenvalue weighted by atomic mass is 19.1. The van der Waals surface area contributed by atoms with E-state index < -0.39 is 17.6 Å². The lowest BCUT2D eigenvalue weighted by Crippen LogP contribution is -3.27. The molecule has 2 aromatic rings. The van der Waals surface area contributed by atoms with Gasteiger partial charge in [0.15, 0.2) is 0 Å². The molecule has 0 radical (unpaired) electrons. The predicted molar refractivity (Wildman–Crippen MR) is 109 cm³/mol. The second-order valence-corrected chi connectivity index (χ2v) is 7.75. The number of rotatable bonds is 5. The molecule has 1 aliphatic heterocycles. The van der Waals surface area contributed by atoms with Crippen LogP contribution in [0.4, 0.5) is 10.1 Å². The fraction of sp³-hybridized carbons (Fsp3) is 0.364. The second-order valence-electron chi connectivity index (χ2n) is 7.75. The lowest BCUT2D eigenvalue weighted by Gasteiger charge is -2.33. The topological polar surface area (TPSA) is 67.1 Å². The number of piperazine rings is 1. The second kappa shape index (κ2) is 9.62. The van der Waals surface area contributed by atoms with Gasteiger partial charge in [0.2, 0.25) is 0 Å². The number of amides is 2. The summed E-state index contributed by atoms with van der Waals surface area (Å²) in [5.41, 5.74) is 2.59. The Morgan fingerprint density at radius 2 is 1.72 bits per heavy atom. The van der Waals surface area contributed by atoms with E-state index in [0.717, 1.165) is 31.7 Å². The van der Waals surface area contributed by atoms with Crippen molar-refractivity contribution in [3.05, 3.63) is 65.5 Å². The molecule has 1 fully saturated rings. The molecule has 1 aliphatic rings. The van der Waals surface area contributed by atoms with Crippen molar-refractivity contribution in [3.63, 3.8) is 0 Å². The molecule has 1 atom stereocenters. The zero-order chi connectivity index (χ0) is 20.8. The van der Waals surface area contributed by atoms with E-state index in [1.807, 2.05) is 6.92 Å². The molecule has 0 unspecified atom stereocenters. The molecule has 0 aliphatic carbocycles. The number of hydrogen-bond donors (Lipinski definition) is 4. The van der Waals surface area contributed by atoms with Gasteiger partial charge in [-0.15, -0.1) is 0 Å². The largest absolute Gasteiger partial charge is 0.341 e. The minimum Gasteiger partial charge on any atom is -0.341 e. The Kier molecular flexibility index (Phi) is 6.95. The van der Waals surface area contributed by atoms with Gasteiger partial charge in [-0.05, 0) is 25.1 Å². The van der Waals surface area contributed by atoms with E-state index in [2.05, 4.69) is 41.9 Å². The molecular weight excluding hydrogens is 371 g/mol. The van der Waals surface area contributed by atoms with Crippen LogP contribution in [0.1, 0.15) is 17.2 Å². The van der Waals surface area contributed by atoms with Crippen LogP contribution in [0.3, 0.4) is 0 Å². The zero-order valence-electron chi connectivity index (χ0n) is 16.9. The van der Waals surface area contributed by atoms with Crippen LogP contribution in [-0.2, 0) is 9.59 Å². The molecule has 0 spiro atoms. The van der Waals surface area contributed by atoms with Crippen LogP contribution in [0.15, 0.2) is 48.5 Å². The molecule has 0 saturated carbocycles. The number of quaternary nitrogens is 2. The third kappa shape index (κ3) is 5.85. The van der Waals surface area contributed by atoms with E-state index in [1.54, 1.807) is 6.07 Å². The van der Waals surface area contributed by atoms with Gasteiger partial charge >= 0.3 is 11.8 Å². The number of hydrogen-bond acceptors (Lipinski definition) is 2. The first-order valence-corrected chi connectivity index (χ1v) is 9.99. The van der Waals surface area contributed by atoms with Crippen LogP contribution >= 0.6 is 0 Å². The summed E-state index contributed by atoms with van der Waals surface area (Å²) in [5, 5.41) is 5.20. The number of halogens is 1. The molecule has 0 bridgehead atoms. The van der Waals surface area contributed by atoms with Crippen LogP contribution in [0, 0.1) is 12.7 Å². The van der Waals surface area contributed by atoms with Crippen LogP contribution < -0.4 is 20.4 Å². The normalized spacial score (nSPS) is 20.0. The van der Waals surface area contributed by atoms with Crippen LogP contribution in [0.5, 0.6) is 0 Å². The minimum atomic E-state index is -0.795. The Bertz CT molecular complexity index is 848. The van der Waals surface area contributed by atoms with Gasteiger partial charge in [0.25, 0.3) is 0 Å². The molecule has 29 heavy (non-hydrogen) atoms. The van der Waals surface area contributed by atoms with Crippen LogP contribution in [0.2, 0.25) is 0 Å². The third-order valence-electron chi connectivity index (χ3n) is 5.47. The van der Waals surface area contributed by atoms with Crippen molar-refractivity contribution in [1.29, 1.82) is 0 Å². The monoisotopic (exact) mass is 400 g/mol. The fourth-order valence-electron chi connectivity index (χ4n) is 3.67. The molecule has 1 saturated heterocycles. The van der Waals surface area contributed by atoms with E-state index >= 15 is 0 Å². The van der Waals surface area contributed by atoms with Crippen molar-refractivity contribution in [2.45, 2.75) is 13.0 Å². The van der Waals surface area contributed by atoms with Gasteiger partial charge in [0.05, 0.1) is 13.6 Å². The summed E-state index contributed by atoms with van der Waals surface area (Å²) in [5.74, 6) is -1.98. The van der Waals surface area contributed by atoms with E-state index in [4.69, 9.17) is 0 Å². The van der Waals surface area contributed by atoms with E-state index in [-0.39, 0.29) is 11.7 Å². The summed E-state index contributed by atoms with van der Waals surface area (Å²) < 4.78 is 13.3. The molecule has 3 rings (SSSR count). The molecular formula is C22H29FN4O2+2. The van der Waals surface area contributed by atoms with Gasteiger partial charge in [0, 0.05) is 11.3 Å². The average molecular weight is 400 g/mol. The number of aryl methyl sites for hydroxylation is 1. The van der Waals surface area contributed by atoms with E-state index in [1.165, 1.54) is 33.6 Å². The summed E-state index contributed by atoms with van der Waals surface area (Å²) in [7, 11) is 2.19. The highest BCUT2D eigenvalue weighted by Crippen LogP contribution is 2.11. The van der Waals surface area contributed by atoms with Gasteiger partial charge in [-0.25, -0.2) is 4.39 Å². The number of likely N-dealkylation sites (N-methyl/N-ethyl adjacent to an activating group) is 1. The first-order chi connectivity index (χ1) is 13.9. The Morgan fingerprint density at radius 1 is 1.03 bits per heavy atom. The Morgan fingerprint density at radius 3 is 2.38 bits per heavy atom. The predicted octanol–water partition coefficient (Wildman–Crippen LogP) is -0.657. The SMILES string of the molecule is Cc1ccc([C@@H](CNC(=O)C(=O)Nc2cccc(F)c2)[NH+]2CC[NH+](C)CC2)cc1. The highest BCUT2D eigenvalue weighted by molar-refractivity contribution is 6.39. The van der Waals surface area contributed by atoms with Gasteiger partial charge < -0.3 is 20.4 Å². The lowest BCUT2D eigenvalue weighted by atomic mass is 10.0. The maximum atomic E-state index is 13.3. The molecule has 154 valence electrons. The molecule has 7 heteroatoms. The molecule has 6 nitrogen and oxygen atoms in total. The number of anilines is 1. The van der Waals surface area contributed by atoms with Crippen molar-refractivity contribution in [3.8, 4) is 0 Å². The highest BCUT2D eigenvalue weighted by Gasteiger charge is 2.30. The first kappa shape index (κ1) is 21.0. The molecule has 2 aromatic carbocycles. The summed E-state index contributed by atoms with van der Waals surface area (Å²) in [4.78, 5) is 27.4. The Hall–Kier alpha value is -2.77. The molecule has 2 amide bonds. The average Bonchev–Trinajstić information content (AvgIpc) is 2.70. The maximum absolute atomic E-state index is 13.3. The lowest BCUT2D eigenvalue weighted by molar-refractivity contribution is -1.02. The fourth-order valence-corrected chi connectivity index (χ4v) is 3.67. The number of carbonyl (C=O) groups is 2. The smallest absolute Gasteiger partial charge is 0.313 e. The van der Waals surface area contributed by atoms with Crippen LogP contribution in [0.25, 0.3) is 0 Å². The summed E-state index contributed by atoms with van der Waals surface area (Å²) >= 11 is 0. The van der Waals surface area contributed by atoms with Gasteiger partial charge in [-0.2, -0.15) is 0 Å². The summed E-state index contributed by atoms with van der Waals surface area (Å²) in [6.45, 7) is 6.58. The van der Waals surface area contributed by atoms with Crippen molar-refractivity contribution in [2.24, 2.45) is 0 Å². The Balaban J connectivity index is 1.64. The van der Waals surface area contributed by atoms with Crippen molar-refractivity contribution in [1.82, 2.24) is 5.32 Å². The zero-order valence-corrected chi connectivity index (χ0v) is 16.9. The quantitative estimate of drug-likeness (QED) is 0.504. The minimum absolute atomic E-state index is 0.0784. The molecule has 0 aromatic heterocycles. The number of carbonyl (C=O) groups excluding carboxylic acids is 2. The van der Waals surface area contributed by atoms with E-state index in [0.29, 0.717) is 6.54 Å². The van der Waals surface area contributed by atoms with Crippen molar-refractivity contribution in [2.75, 3.05) is 45.1 Å². The first-order valence-electron chi connectivity index (χ1n) is 9.99. The van der Waals surface area contributed by atoms with Crippen molar-refractivity contribution < 1.29 is 23.8 Å². The Labute approximate surface area is 170 Å². The van der Waals surface area contributed by atoms with Crippen LogP contribution in [-0.4, -0.2) is 51.6 Å². The number of nitrogens with one attached hydrogen (secondary N) is 4. The summed E-state index contributed by atoms with van der Waals surface area (Å²) in [6, 6.07) is 13.9. The standard InChI is InChI=1S/C22H27FN4O2/c1-16-6-8-17(9-7-16)20(27-12-10-26(2)11-13-27)15-24-21(28)22(29)25-19-5-3-4-18(23)14-19/h3-9,14,20H,10-13,15H2,1-2H3,(H,24,28)(H,25,29)/p+2/t20-/m1/s1. The maximum Gasteiger partial charge on any atom is 0.313 e. The van der Waals surface area contributed by atoms with Gasteiger partial charge in [-0.3, -0.25) is 9.59 Å². The number of benzene rings is 2.